The van der Waals surface area contributed by atoms with Crippen LogP contribution in [-0.2, 0) is 17.5 Å². The number of carbonyl (C=O) groups is 2. The van der Waals surface area contributed by atoms with Gasteiger partial charge in [0.2, 0.25) is 11.6 Å². The molecule has 0 spiro atoms. The molecule has 0 aromatic carbocycles. The largest absolute Gasteiger partial charge is 0.464 e. The van der Waals surface area contributed by atoms with Gasteiger partial charge >= 0.3 is 11.9 Å². The summed E-state index contributed by atoms with van der Waals surface area (Å²) in [5, 5.41) is 16.7. The molecule has 0 aliphatic heterocycles. The Balaban J connectivity index is 1.81. The number of hydrogen-bond acceptors (Lipinski definition) is 8. The number of halogens is 5. The third-order valence-corrected chi connectivity index (χ3v) is 6.20. The zero-order chi connectivity index (χ0) is 27.2. The number of hydrogen-bond donors (Lipinski definition) is 2. The van der Waals surface area contributed by atoms with E-state index in [1.165, 1.54) is 18.4 Å². The molecule has 17 heteroatoms. The van der Waals surface area contributed by atoms with Crippen LogP contribution in [0.3, 0.4) is 0 Å². The van der Waals surface area contributed by atoms with Gasteiger partial charge in [-0.3, -0.25) is 24.4 Å². The molecule has 11 nitrogen and oxygen atoms in total. The molecule has 0 radical (unpaired) electrons. The van der Waals surface area contributed by atoms with Crippen molar-refractivity contribution in [2.75, 3.05) is 5.32 Å². The molecule has 3 N–H and O–H groups in total. The molecule has 4 rings (SSSR count). The van der Waals surface area contributed by atoms with Crippen LogP contribution in [-0.4, -0.2) is 31.5 Å². The lowest BCUT2D eigenvalue weighted by molar-refractivity contribution is -0.388. The van der Waals surface area contributed by atoms with Crippen LogP contribution in [0, 0.1) is 17.0 Å². The average Bonchev–Trinajstić information content (AvgIpc) is 3.51. The van der Waals surface area contributed by atoms with Crippen molar-refractivity contribution in [3.8, 4) is 11.3 Å². The van der Waals surface area contributed by atoms with Crippen molar-refractivity contribution in [3.63, 3.8) is 0 Å². The monoisotopic (exact) mass is 544 g/mol. The van der Waals surface area contributed by atoms with Gasteiger partial charge in [0.05, 0.1) is 16.9 Å². The Kier molecular flexibility index (Phi) is 6.41. The number of thiophene rings is 1. The molecule has 0 saturated carbocycles. The highest BCUT2D eigenvalue weighted by atomic mass is 32.1. The van der Waals surface area contributed by atoms with Crippen molar-refractivity contribution in [2.45, 2.75) is 26.1 Å². The average molecular weight is 544 g/mol. The fourth-order valence-electron chi connectivity index (χ4n) is 3.56. The van der Waals surface area contributed by atoms with E-state index in [0.717, 1.165) is 13.0 Å². The van der Waals surface area contributed by atoms with Crippen molar-refractivity contribution < 1.29 is 40.9 Å². The number of nitrogens with two attached hydrogens (primary N) is 1. The first kappa shape index (κ1) is 25.7. The zero-order valence-electron chi connectivity index (χ0n) is 18.3. The molecule has 0 aliphatic rings. The van der Waals surface area contributed by atoms with E-state index in [-0.39, 0.29) is 32.1 Å². The molecule has 2 amide bonds. The molecule has 37 heavy (non-hydrogen) atoms. The molecule has 0 unspecified atom stereocenters. The summed E-state index contributed by atoms with van der Waals surface area (Å²) in [5.74, 6) is -2.00. The SMILES string of the molecule is Cc1c([N+](=O)[O-])c(C(F)(F)F)nn1CC(=O)Nc1c(C(N)=O)sc2nc(C(F)F)cc(-c3ccco3)c12. The smallest absolute Gasteiger partial charge is 0.442 e. The predicted molar refractivity (Wildman–Crippen MR) is 118 cm³/mol. The minimum atomic E-state index is -5.16. The Morgan fingerprint density at radius 1 is 1.35 bits per heavy atom. The Morgan fingerprint density at radius 3 is 2.57 bits per heavy atom. The molecule has 194 valence electrons. The molecule has 0 aliphatic carbocycles. The van der Waals surface area contributed by atoms with Crippen LogP contribution in [0.1, 0.15) is 33.2 Å². The number of aromatic nitrogens is 3. The zero-order valence-corrected chi connectivity index (χ0v) is 19.1. The number of primary amides is 1. The second kappa shape index (κ2) is 9.23. The fourth-order valence-corrected chi connectivity index (χ4v) is 4.58. The van der Waals surface area contributed by atoms with E-state index in [2.05, 4.69) is 15.4 Å². The molecule has 4 heterocycles. The van der Waals surface area contributed by atoms with E-state index in [9.17, 15) is 41.7 Å². The first-order valence-corrected chi connectivity index (χ1v) is 10.8. The summed E-state index contributed by atoms with van der Waals surface area (Å²) in [6.07, 6.45) is -6.89. The van der Waals surface area contributed by atoms with Crippen molar-refractivity contribution in [3.05, 3.63) is 56.5 Å². The second-order valence-corrected chi connectivity index (χ2v) is 8.47. The van der Waals surface area contributed by atoms with E-state index in [0.29, 0.717) is 16.0 Å². The number of pyridine rings is 1. The Hall–Kier alpha value is -4.41. The third kappa shape index (κ3) is 4.72. The van der Waals surface area contributed by atoms with Crippen molar-refractivity contribution in [2.24, 2.45) is 5.73 Å². The van der Waals surface area contributed by atoms with Crippen molar-refractivity contribution in [1.82, 2.24) is 14.8 Å². The number of carbonyl (C=O) groups excluding carboxylic acids is 2. The maximum Gasteiger partial charge on any atom is 0.442 e. The molecule has 0 saturated heterocycles. The van der Waals surface area contributed by atoms with Gasteiger partial charge in [-0.05, 0) is 25.1 Å². The van der Waals surface area contributed by atoms with Gasteiger partial charge in [-0.2, -0.15) is 18.3 Å². The number of furan rings is 1. The third-order valence-electron chi connectivity index (χ3n) is 5.10. The number of fused-ring (bicyclic) bond motifs is 1. The van der Waals surface area contributed by atoms with E-state index < -0.39 is 58.7 Å². The summed E-state index contributed by atoms with van der Waals surface area (Å²) in [4.78, 5) is 38.3. The minimum Gasteiger partial charge on any atom is -0.464 e. The lowest BCUT2D eigenvalue weighted by Gasteiger charge is -2.10. The number of amides is 2. The number of anilines is 1. The normalized spacial score (nSPS) is 11.9. The quantitative estimate of drug-likeness (QED) is 0.194. The van der Waals surface area contributed by atoms with Crippen LogP contribution in [0.4, 0.5) is 33.3 Å². The summed E-state index contributed by atoms with van der Waals surface area (Å²) >= 11 is 0.604. The molecular weight excluding hydrogens is 531 g/mol. The van der Waals surface area contributed by atoms with Crippen molar-refractivity contribution >= 4 is 44.7 Å². The molecule has 0 fully saturated rings. The van der Waals surface area contributed by atoms with Crippen LogP contribution in [0.2, 0.25) is 0 Å². The number of alkyl halides is 5. The van der Waals surface area contributed by atoms with Crippen LogP contribution in [0.25, 0.3) is 21.5 Å². The van der Waals surface area contributed by atoms with Crippen LogP contribution in [0.15, 0.2) is 28.9 Å². The highest BCUT2D eigenvalue weighted by Gasteiger charge is 2.44. The van der Waals surface area contributed by atoms with Crippen LogP contribution in [0.5, 0.6) is 0 Å². The van der Waals surface area contributed by atoms with E-state index in [4.69, 9.17) is 10.2 Å². The first-order valence-electron chi connectivity index (χ1n) is 9.97. The number of rotatable bonds is 7. The summed E-state index contributed by atoms with van der Waals surface area (Å²) in [5.41, 5.74) is 0.906. The fraction of sp³-hybridized carbons (Fsp3) is 0.200. The lowest BCUT2D eigenvalue weighted by atomic mass is 10.1. The van der Waals surface area contributed by atoms with E-state index in [1.54, 1.807) is 0 Å². The lowest BCUT2D eigenvalue weighted by Crippen LogP contribution is -2.22. The minimum absolute atomic E-state index is 0.0191. The Morgan fingerprint density at radius 2 is 2.05 bits per heavy atom. The highest BCUT2D eigenvalue weighted by molar-refractivity contribution is 7.21. The summed E-state index contributed by atoms with van der Waals surface area (Å²) in [6, 6.07) is 3.90. The Labute approximate surface area is 205 Å². The summed E-state index contributed by atoms with van der Waals surface area (Å²) in [7, 11) is 0. The molecule has 0 atom stereocenters. The van der Waals surface area contributed by atoms with E-state index >= 15 is 0 Å². The number of nitrogens with zero attached hydrogens (tertiary/aromatic N) is 4. The van der Waals surface area contributed by atoms with E-state index in [1.807, 2.05) is 0 Å². The topological polar surface area (TPSA) is 159 Å². The Bertz CT molecular complexity index is 1540. The van der Waals surface area contributed by atoms with Gasteiger partial charge in [-0.1, -0.05) is 0 Å². The van der Waals surface area contributed by atoms with Crippen molar-refractivity contribution in [1.29, 1.82) is 0 Å². The van der Waals surface area contributed by atoms with Gasteiger partial charge in [0.15, 0.2) is 0 Å². The maximum atomic E-state index is 13.5. The maximum absolute atomic E-state index is 13.5. The van der Waals surface area contributed by atoms with Gasteiger partial charge in [0.1, 0.15) is 33.4 Å². The number of nitro groups is 1. The summed E-state index contributed by atoms with van der Waals surface area (Å²) < 4.78 is 72.4. The van der Waals surface area contributed by atoms with Crippen LogP contribution < -0.4 is 11.1 Å². The van der Waals surface area contributed by atoms with Gasteiger partial charge < -0.3 is 15.5 Å². The van der Waals surface area contributed by atoms with Gasteiger partial charge in [0, 0.05) is 10.9 Å². The highest BCUT2D eigenvalue weighted by Crippen LogP contribution is 2.43. The van der Waals surface area contributed by atoms with Gasteiger partial charge in [-0.25, -0.2) is 13.8 Å². The second-order valence-electron chi connectivity index (χ2n) is 7.47. The summed E-state index contributed by atoms with van der Waals surface area (Å²) in [6.45, 7) is 0.0597. The molecular formula is C20H13F5N6O5S. The van der Waals surface area contributed by atoms with Gasteiger partial charge in [0.25, 0.3) is 12.3 Å². The molecule has 0 bridgehead atoms. The van der Waals surface area contributed by atoms with Gasteiger partial charge in [-0.15, -0.1) is 11.3 Å². The molecule has 4 aromatic heterocycles. The van der Waals surface area contributed by atoms with Crippen LogP contribution >= 0.6 is 11.3 Å². The standard InChI is InChI=1S/C20H13F5N6O5S/c1-7-14(31(34)35)16(20(23,24)25)29-30(7)6-11(32)28-13-12-8(10-3-2-4-36-10)5-9(17(21)22)27-19(12)37-15(13)18(26)33/h2-5,17H,6H2,1H3,(H2,26,33)(H,28,32). The molecule has 4 aromatic rings. The predicted octanol–water partition coefficient (Wildman–Crippen LogP) is 4.66. The first-order chi connectivity index (χ1) is 17.3. The number of nitrogens with one attached hydrogen (secondary N) is 1.